The van der Waals surface area contributed by atoms with E-state index in [9.17, 15) is 5.11 Å². The van der Waals surface area contributed by atoms with Gasteiger partial charge in [-0.25, -0.2) is 0 Å². The minimum Gasteiger partial charge on any atom is -0.388 e. The highest BCUT2D eigenvalue weighted by Gasteiger charge is 2.21. The first kappa shape index (κ1) is 18.0. The number of nitrogens with two attached hydrogens (primary N) is 1. The second-order valence-electron chi connectivity index (χ2n) is 5.11. The summed E-state index contributed by atoms with van der Waals surface area (Å²) in [7, 11) is 0. The van der Waals surface area contributed by atoms with Crippen molar-refractivity contribution in [3.63, 3.8) is 0 Å². The van der Waals surface area contributed by atoms with Crippen LogP contribution >= 0.6 is 24.0 Å². The van der Waals surface area contributed by atoms with Crippen LogP contribution in [0.1, 0.15) is 58.8 Å². The van der Waals surface area contributed by atoms with Crippen molar-refractivity contribution in [1.29, 1.82) is 0 Å². The number of nitrogens with one attached hydrogen (secondary N) is 1. The van der Waals surface area contributed by atoms with Gasteiger partial charge in [-0.05, 0) is 25.7 Å². The summed E-state index contributed by atoms with van der Waals surface area (Å²) < 4.78 is 0. The summed E-state index contributed by atoms with van der Waals surface area (Å²) in [4.78, 5) is 4.27. The molecule has 0 aromatic carbocycles. The zero-order chi connectivity index (χ0) is 12.7. The largest absolute Gasteiger partial charge is 0.388 e. The summed E-state index contributed by atoms with van der Waals surface area (Å²) in [5.74, 6) is 0.484. The van der Waals surface area contributed by atoms with Crippen LogP contribution in [0.2, 0.25) is 0 Å². The fourth-order valence-corrected chi connectivity index (χ4v) is 2.21. The van der Waals surface area contributed by atoms with Gasteiger partial charge in [-0.3, -0.25) is 4.99 Å². The lowest BCUT2D eigenvalue weighted by Gasteiger charge is -2.25. The van der Waals surface area contributed by atoms with Gasteiger partial charge in [0.15, 0.2) is 5.96 Å². The van der Waals surface area contributed by atoms with Crippen molar-refractivity contribution in [2.45, 2.75) is 70.4 Å². The second kappa shape index (κ2) is 8.96. The molecule has 0 unspecified atom stereocenters. The van der Waals surface area contributed by atoms with Crippen molar-refractivity contribution in [1.82, 2.24) is 5.32 Å². The lowest BCUT2D eigenvalue weighted by atomic mass is 9.96. The van der Waals surface area contributed by atoms with Crippen LogP contribution in [-0.4, -0.2) is 29.3 Å². The number of hydrogen-bond acceptors (Lipinski definition) is 2. The van der Waals surface area contributed by atoms with E-state index in [0.717, 1.165) is 0 Å². The normalized spacial score (nSPS) is 18.3. The van der Waals surface area contributed by atoms with Crippen molar-refractivity contribution < 1.29 is 5.11 Å². The summed E-state index contributed by atoms with van der Waals surface area (Å²) in [6.45, 7) is 4.35. The number of guanidine groups is 1. The molecule has 0 spiro atoms. The van der Waals surface area contributed by atoms with Crippen molar-refractivity contribution in [2.24, 2.45) is 10.7 Å². The number of hydrogen-bond donors (Lipinski definition) is 3. The van der Waals surface area contributed by atoms with E-state index in [1.165, 1.54) is 32.1 Å². The first-order chi connectivity index (χ1) is 8.09. The molecule has 5 heteroatoms. The smallest absolute Gasteiger partial charge is 0.188 e. The van der Waals surface area contributed by atoms with Gasteiger partial charge in [0.2, 0.25) is 0 Å². The lowest BCUT2D eigenvalue weighted by Crippen LogP contribution is -2.42. The zero-order valence-electron chi connectivity index (χ0n) is 11.6. The quantitative estimate of drug-likeness (QED) is 0.396. The minimum atomic E-state index is -0.696. The fraction of sp³-hybridized carbons (Fsp3) is 0.923. The number of aliphatic imine (C=N–C) groups is 1. The van der Waals surface area contributed by atoms with E-state index in [0.29, 0.717) is 31.4 Å². The Kier molecular flexibility index (Phi) is 8.94. The molecule has 108 valence electrons. The maximum Gasteiger partial charge on any atom is 0.188 e. The SMILES string of the molecule is CCC(O)(CC)CN=C(N)NC1CCCCC1.I. The Labute approximate surface area is 128 Å². The van der Waals surface area contributed by atoms with Gasteiger partial charge < -0.3 is 16.2 Å². The Balaban J connectivity index is 0.00000289. The number of aliphatic hydroxyl groups is 1. The highest BCUT2D eigenvalue weighted by atomic mass is 127. The molecule has 4 N–H and O–H groups in total. The Bertz CT molecular complexity index is 249. The van der Waals surface area contributed by atoms with Crippen molar-refractivity contribution >= 4 is 29.9 Å². The van der Waals surface area contributed by atoms with Gasteiger partial charge in [-0.15, -0.1) is 24.0 Å². The molecule has 1 aliphatic carbocycles. The average Bonchev–Trinajstić information content (AvgIpc) is 2.37. The number of halogens is 1. The Hall–Kier alpha value is -0.0400. The molecule has 0 aromatic rings. The van der Waals surface area contributed by atoms with Crippen LogP contribution in [0.25, 0.3) is 0 Å². The third-order valence-electron chi connectivity index (χ3n) is 3.82. The van der Waals surface area contributed by atoms with Gasteiger partial charge >= 0.3 is 0 Å². The highest BCUT2D eigenvalue weighted by molar-refractivity contribution is 14.0. The molecule has 0 heterocycles. The van der Waals surface area contributed by atoms with Crippen LogP contribution < -0.4 is 11.1 Å². The average molecular weight is 369 g/mol. The van der Waals surface area contributed by atoms with Gasteiger partial charge in [-0.2, -0.15) is 0 Å². The van der Waals surface area contributed by atoms with Crippen molar-refractivity contribution in [2.75, 3.05) is 6.54 Å². The molecular weight excluding hydrogens is 341 g/mol. The summed E-state index contributed by atoms with van der Waals surface area (Å²) in [5, 5.41) is 13.3. The monoisotopic (exact) mass is 369 g/mol. The van der Waals surface area contributed by atoms with Crippen LogP contribution in [0.5, 0.6) is 0 Å². The topological polar surface area (TPSA) is 70.6 Å². The van der Waals surface area contributed by atoms with E-state index in [4.69, 9.17) is 5.73 Å². The molecule has 18 heavy (non-hydrogen) atoms. The predicted molar refractivity (Wildman–Crippen MR) is 87.4 cm³/mol. The molecule has 1 saturated carbocycles. The van der Waals surface area contributed by atoms with Gasteiger partial charge in [0.05, 0.1) is 12.1 Å². The molecule has 0 aromatic heterocycles. The van der Waals surface area contributed by atoms with Crippen LogP contribution in [0.4, 0.5) is 0 Å². The van der Waals surface area contributed by atoms with Gasteiger partial charge in [-0.1, -0.05) is 33.1 Å². The Morgan fingerprint density at radius 2 is 1.83 bits per heavy atom. The van der Waals surface area contributed by atoms with Crippen LogP contribution in [0.3, 0.4) is 0 Å². The van der Waals surface area contributed by atoms with E-state index in [-0.39, 0.29) is 24.0 Å². The first-order valence-corrected chi connectivity index (χ1v) is 6.88. The van der Waals surface area contributed by atoms with Crippen LogP contribution in [0.15, 0.2) is 4.99 Å². The number of rotatable bonds is 5. The summed E-state index contributed by atoms with van der Waals surface area (Å²) >= 11 is 0. The van der Waals surface area contributed by atoms with Crippen LogP contribution in [-0.2, 0) is 0 Å². The summed E-state index contributed by atoms with van der Waals surface area (Å²) in [6.07, 6.45) is 7.68. The third kappa shape index (κ3) is 6.22. The lowest BCUT2D eigenvalue weighted by molar-refractivity contribution is 0.0418. The molecule has 0 bridgehead atoms. The summed E-state index contributed by atoms with van der Waals surface area (Å²) in [5.41, 5.74) is 5.15. The van der Waals surface area contributed by atoms with Gasteiger partial charge in [0, 0.05) is 6.04 Å². The molecule has 0 amide bonds. The molecule has 1 rings (SSSR count). The van der Waals surface area contributed by atoms with Crippen LogP contribution in [0, 0.1) is 0 Å². The molecule has 1 fully saturated rings. The van der Waals surface area contributed by atoms with E-state index >= 15 is 0 Å². The van der Waals surface area contributed by atoms with E-state index in [1.807, 2.05) is 13.8 Å². The molecule has 0 aliphatic heterocycles. The Morgan fingerprint density at radius 1 is 1.28 bits per heavy atom. The standard InChI is InChI=1S/C13H27N3O.HI/c1-3-13(17,4-2)10-15-12(14)16-11-8-6-5-7-9-11;/h11,17H,3-10H2,1-2H3,(H3,14,15,16);1H. The van der Waals surface area contributed by atoms with Crippen molar-refractivity contribution in [3.05, 3.63) is 0 Å². The zero-order valence-corrected chi connectivity index (χ0v) is 13.9. The number of nitrogens with zero attached hydrogens (tertiary/aromatic N) is 1. The summed E-state index contributed by atoms with van der Waals surface area (Å²) in [6, 6.07) is 0.476. The van der Waals surface area contributed by atoms with Gasteiger partial charge in [0.1, 0.15) is 0 Å². The molecule has 0 saturated heterocycles. The van der Waals surface area contributed by atoms with E-state index < -0.39 is 5.60 Å². The maximum atomic E-state index is 10.1. The highest BCUT2D eigenvalue weighted by Crippen LogP contribution is 2.17. The minimum absolute atomic E-state index is 0. The Morgan fingerprint density at radius 3 is 2.33 bits per heavy atom. The second-order valence-corrected chi connectivity index (χ2v) is 5.11. The van der Waals surface area contributed by atoms with E-state index in [1.54, 1.807) is 0 Å². The molecule has 1 aliphatic rings. The first-order valence-electron chi connectivity index (χ1n) is 6.88. The third-order valence-corrected chi connectivity index (χ3v) is 3.82. The predicted octanol–water partition coefficient (Wildman–Crippen LogP) is 2.39. The molecule has 0 atom stereocenters. The molecule has 0 radical (unpaired) electrons. The van der Waals surface area contributed by atoms with Crippen molar-refractivity contribution in [3.8, 4) is 0 Å². The van der Waals surface area contributed by atoms with Gasteiger partial charge in [0.25, 0.3) is 0 Å². The van der Waals surface area contributed by atoms with E-state index in [2.05, 4.69) is 10.3 Å². The molecule has 4 nitrogen and oxygen atoms in total. The fourth-order valence-electron chi connectivity index (χ4n) is 2.21. The maximum absolute atomic E-state index is 10.1. The molecular formula is C13H28IN3O.